The number of carbonyl (C=O) groups is 1. The fourth-order valence-electron chi connectivity index (χ4n) is 3.21. The van der Waals surface area contributed by atoms with E-state index in [9.17, 15) is 4.79 Å². The second-order valence-corrected chi connectivity index (χ2v) is 5.97. The van der Waals surface area contributed by atoms with Crippen molar-refractivity contribution in [1.82, 2.24) is 15.0 Å². The molecule has 0 spiro atoms. The van der Waals surface area contributed by atoms with E-state index in [0.717, 1.165) is 29.6 Å². The second kappa shape index (κ2) is 5.47. The van der Waals surface area contributed by atoms with Crippen LogP contribution in [0.15, 0.2) is 10.6 Å². The van der Waals surface area contributed by atoms with Gasteiger partial charge >= 0.3 is 0 Å². The van der Waals surface area contributed by atoms with E-state index in [0.29, 0.717) is 17.3 Å². The zero-order chi connectivity index (χ0) is 15.0. The van der Waals surface area contributed by atoms with Gasteiger partial charge in [0.2, 0.25) is 0 Å². The minimum atomic E-state index is 0.0451. The summed E-state index contributed by atoms with van der Waals surface area (Å²) in [6, 6.07) is 2.18. The molecule has 0 aliphatic heterocycles. The molecule has 1 aliphatic carbocycles. The molecule has 2 heterocycles. The van der Waals surface area contributed by atoms with Crippen LogP contribution in [0.25, 0.3) is 11.1 Å². The van der Waals surface area contributed by atoms with Crippen LogP contribution in [0.5, 0.6) is 0 Å². The van der Waals surface area contributed by atoms with Crippen molar-refractivity contribution in [2.45, 2.75) is 52.0 Å². The lowest BCUT2D eigenvalue weighted by molar-refractivity contribution is 0.0698. The molecule has 1 fully saturated rings. The zero-order valence-electron chi connectivity index (χ0n) is 12.8. The van der Waals surface area contributed by atoms with Crippen molar-refractivity contribution in [2.75, 3.05) is 7.05 Å². The van der Waals surface area contributed by atoms with Crippen molar-refractivity contribution in [1.29, 1.82) is 0 Å². The molecule has 0 aromatic carbocycles. The number of amides is 1. The summed E-state index contributed by atoms with van der Waals surface area (Å²) in [5.74, 6) is 0.0451. The monoisotopic (exact) mass is 287 g/mol. The molecule has 2 aromatic rings. The SMILES string of the molecule is Cc1cc(C(=O)N(C)C2CCCCC2)c2c(C)noc2n1. The van der Waals surface area contributed by atoms with Crippen LogP contribution in [0.1, 0.15) is 53.8 Å². The first kappa shape index (κ1) is 14.0. The molecular formula is C16H21N3O2. The first-order valence-electron chi connectivity index (χ1n) is 7.58. The lowest BCUT2D eigenvalue weighted by atomic mass is 9.94. The largest absolute Gasteiger partial charge is 0.339 e. The van der Waals surface area contributed by atoms with Gasteiger partial charge in [0.1, 0.15) is 0 Å². The van der Waals surface area contributed by atoms with Crippen molar-refractivity contribution >= 4 is 17.0 Å². The third kappa shape index (κ3) is 2.52. The second-order valence-electron chi connectivity index (χ2n) is 5.97. The fraction of sp³-hybridized carbons (Fsp3) is 0.562. The number of aryl methyl sites for hydroxylation is 2. The Labute approximate surface area is 124 Å². The third-order valence-corrected chi connectivity index (χ3v) is 4.42. The molecule has 0 atom stereocenters. The zero-order valence-corrected chi connectivity index (χ0v) is 12.8. The first-order chi connectivity index (χ1) is 10.1. The summed E-state index contributed by atoms with van der Waals surface area (Å²) < 4.78 is 5.21. The predicted octanol–water partition coefficient (Wildman–Crippen LogP) is 3.24. The molecule has 1 aliphatic rings. The molecule has 1 saturated carbocycles. The van der Waals surface area contributed by atoms with Crippen molar-refractivity contribution < 1.29 is 9.32 Å². The van der Waals surface area contributed by atoms with E-state index in [4.69, 9.17) is 4.52 Å². The summed E-state index contributed by atoms with van der Waals surface area (Å²) in [7, 11) is 1.91. The quantitative estimate of drug-likeness (QED) is 0.850. The topological polar surface area (TPSA) is 59.2 Å². The van der Waals surface area contributed by atoms with Crippen LogP contribution in [0, 0.1) is 13.8 Å². The Balaban J connectivity index is 1.98. The molecule has 5 heteroatoms. The highest BCUT2D eigenvalue weighted by Gasteiger charge is 2.26. The summed E-state index contributed by atoms with van der Waals surface area (Å²) in [4.78, 5) is 19.1. The van der Waals surface area contributed by atoms with Gasteiger partial charge in [-0.3, -0.25) is 4.79 Å². The number of carbonyl (C=O) groups excluding carboxylic acids is 1. The molecule has 1 amide bonds. The minimum absolute atomic E-state index is 0.0451. The lowest BCUT2D eigenvalue weighted by Crippen LogP contribution is -2.38. The standard InChI is InChI=1S/C16H21N3O2/c1-10-9-13(14-11(2)18-21-15(14)17-10)16(20)19(3)12-7-5-4-6-8-12/h9,12H,4-8H2,1-3H3. The highest BCUT2D eigenvalue weighted by molar-refractivity contribution is 6.06. The van der Waals surface area contributed by atoms with Gasteiger partial charge in [-0.15, -0.1) is 0 Å². The summed E-state index contributed by atoms with van der Waals surface area (Å²) in [6.45, 7) is 3.72. The minimum Gasteiger partial charge on any atom is -0.339 e. The average Bonchev–Trinajstić information content (AvgIpc) is 2.87. The van der Waals surface area contributed by atoms with E-state index in [1.165, 1.54) is 19.3 Å². The maximum atomic E-state index is 12.9. The first-order valence-corrected chi connectivity index (χ1v) is 7.58. The third-order valence-electron chi connectivity index (χ3n) is 4.42. The Morgan fingerprint density at radius 1 is 1.29 bits per heavy atom. The molecule has 5 nitrogen and oxygen atoms in total. The van der Waals surface area contributed by atoms with E-state index in [1.807, 2.05) is 31.9 Å². The molecule has 0 radical (unpaired) electrons. The van der Waals surface area contributed by atoms with Gasteiger partial charge in [0.25, 0.3) is 11.6 Å². The summed E-state index contributed by atoms with van der Waals surface area (Å²) >= 11 is 0. The Bertz CT molecular complexity index is 671. The van der Waals surface area contributed by atoms with E-state index in [2.05, 4.69) is 10.1 Å². The van der Waals surface area contributed by atoms with Crippen LogP contribution in [0.3, 0.4) is 0 Å². The van der Waals surface area contributed by atoms with Gasteiger partial charge in [0.05, 0.1) is 16.6 Å². The molecule has 21 heavy (non-hydrogen) atoms. The summed E-state index contributed by atoms with van der Waals surface area (Å²) in [5, 5.41) is 4.69. The van der Waals surface area contributed by atoms with Gasteiger partial charge in [-0.05, 0) is 32.8 Å². The van der Waals surface area contributed by atoms with Gasteiger partial charge in [-0.1, -0.05) is 24.4 Å². The molecular weight excluding hydrogens is 266 g/mol. The molecule has 0 unspecified atom stereocenters. The Morgan fingerprint density at radius 2 is 2.00 bits per heavy atom. The van der Waals surface area contributed by atoms with Crippen molar-refractivity contribution in [2.24, 2.45) is 0 Å². The molecule has 2 aromatic heterocycles. The average molecular weight is 287 g/mol. The van der Waals surface area contributed by atoms with Gasteiger partial charge < -0.3 is 9.42 Å². The van der Waals surface area contributed by atoms with E-state index < -0.39 is 0 Å². The molecule has 0 N–H and O–H groups in total. The van der Waals surface area contributed by atoms with Crippen molar-refractivity contribution in [3.8, 4) is 0 Å². The van der Waals surface area contributed by atoms with Crippen molar-refractivity contribution in [3.05, 3.63) is 23.0 Å². The fourth-order valence-corrected chi connectivity index (χ4v) is 3.21. The van der Waals surface area contributed by atoms with Crippen LogP contribution in [0.4, 0.5) is 0 Å². The normalized spacial score (nSPS) is 16.3. The summed E-state index contributed by atoms with van der Waals surface area (Å²) in [6.07, 6.45) is 5.89. The predicted molar refractivity (Wildman–Crippen MR) is 80.2 cm³/mol. The van der Waals surface area contributed by atoms with Crippen LogP contribution in [-0.4, -0.2) is 34.0 Å². The molecule has 0 bridgehead atoms. The lowest BCUT2D eigenvalue weighted by Gasteiger charge is -2.31. The van der Waals surface area contributed by atoms with Gasteiger partial charge in [-0.2, -0.15) is 0 Å². The maximum Gasteiger partial charge on any atom is 0.258 e. The number of fused-ring (bicyclic) bond motifs is 1. The smallest absolute Gasteiger partial charge is 0.258 e. The number of pyridine rings is 1. The van der Waals surface area contributed by atoms with Crippen molar-refractivity contribution in [3.63, 3.8) is 0 Å². The van der Waals surface area contributed by atoms with Crippen LogP contribution < -0.4 is 0 Å². The highest BCUT2D eigenvalue weighted by atomic mass is 16.5. The Kier molecular flexibility index (Phi) is 3.66. The number of rotatable bonds is 2. The van der Waals surface area contributed by atoms with Gasteiger partial charge in [0, 0.05) is 18.8 Å². The van der Waals surface area contributed by atoms with E-state index in [1.54, 1.807) is 0 Å². The highest BCUT2D eigenvalue weighted by Crippen LogP contribution is 2.26. The number of aromatic nitrogens is 2. The van der Waals surface area contributed by atoms with E-state index in [-0.39, 0.29) is 5.91 Å². The number of hydrogen-bond acceptors (Lipinski definition) is 4. The molecule has 3 rings (SSSR count). The van der Waals surface area contributed by atoms with Crippen LogP contribution >= 0.6 is 0 Å². The Morgan fingerprint density at radius 3 is 2.71 bits per heavy atom. The number of hydrogen-bond donors (Lipinski definition) is 0. The van der Waals surface area contributed by atoms with Crippen LogP contribution in [0.2, 0.25) is 0 Å². The summed E-state index contributed by atoms with van der Waals surface area (Å²) in [5.41, 5.74) is 2.61. The van der Waals surface area contributed by atoms with Crippen LogP contribution in [-0.2, 0) is 0 Å². The van der Waals surface area contributed by atoms with Gasteiger partial charge in [-0.25, -0.2) is 4.98 Å². The van der Waals surface area contributed by atoms with E-state index >= 15 is 0 Å². The number of nitrogens with zero attached hydrogens (tertiary/aromatic N) is 3. The molecule has 112 valence electrons. The Hall–Kier alpha value is -1.91. The van der Waals surface area contributed by atoms with Gasteiger partial charge in [0.15, 0.2) is 0 Å². The molecule has 0 saturated heterocycles. The maximum absolute atomic E-state index is 12.9.